The molecule has 0 saturated carbocycles. The van der Waals surface area contributed by atoms with Gasteiger partial charge in [-0.1, -0.05) is 24.6 Å². The summed E-state index contributed by atoms with van der Waals surface area (Å²) in [5, 5.41) is 3.23. The Bertz CT molecular complexity index is 691. The topological polar surface area (TPSA) is 34.0 Å². The second-order valence-corrected chi connectivity index (χ2v) is 5.70. The quantitative estimate of drug-likeness (QED) is 0.935. The molecule has 0 radical (unpaired) electrons. The Hall–Kier alpha value is -1.87. The van der Waals surface area contributed by atoms with Gasteiger partial charge in [0.25, 0.3) is 0 Å². The monoisotopic (exact) mass is 284 g/mol. The van der Waals surface area contributed by atoms with E-state index >= 15 is 0 Å². The first-order valence-corrected chi connectivity index (χ1v) is 7.45. The van der Waals surface area contributed by atoms with Gasteiger partial charge in [0.2, 0.25) is 0 Å². The Balaban J connectivity index is 2.61. The van der Waals surface area contributed by atoms with E-state index in [-0.39, 0.29) is 5.43 Å². The summed E-state index contributed by atoms with van der Waals surface area (Å²) < 4.78 is 2.14. The van der Waals surface area contributed by atoms with E-state index in [1.54, 1.807) is 6.07 Å². The summed E-state index contributed by atoms with van der Waals surface area (Å²) in [6, 6.07) is 6.10. The number of pyridine rings is 1. The first-order chi connectivity index (χ1) is 9.93. The Morgan fingerprint density at radius 3 is 2.24 bits per heavy atom. The first-order valence-electron chi connectivity index (χ1n) is 7.45. The summed E-state index contributed by atoms with van der Waals surface area (Å²) in [4.78, 5) is 12.1. The lowest BCUT2D eigenvalue weighted by atomic mass is 10.0. The molecule has 1 heterocycles. The summed E-state index contributed by atoms with van der Waals surface area (Å²) in [6.07, 6.45) is 1.98. The normalized spacial score (nSPS) is 10.9. The molecule has 2 aromatic rings. The number of hydrogen-bond donors (Lipinski definition) is 1. The second kappa shape index (κ2) is 6.27. The summed E-state index contributed by atoms with van der Waals surface area (Å²) in [5.41, 5.74) is 6.78. The Morgan fingerprint density at radius 1 is 1.05 bits per heavy atom. The van der Waals surface area contributed by atoms with E-state index in [0.29, 0.717) is 6.54 Å². The lowest BCUT2D eigenvalue weighted by molar-refractivity contribution is 0.715. The third-order valence-electron chi connectivity index (χ3n) is 3.76. The fraction of sp³-hybridized carbons (Fsp3) is 0.389. The minimum Gasteiger partial charge on any atom is -0.320 e. The molecule has 0 aliphatic rings. The molecule has 0 bridgehead atoms. The van der Waals surface area contributed by atoms with Crippen LogP contribution in [0.3, 0.4) is 0 Å². The van der Waals surface area contributed by atoms with Crippen molar-refractivity contribution in [2.45, 2.75) is 41.2 Å². The summed E-state index contributed by atoms with van der Waals surface area (Å²) in [7, 11) is 0. The molecule has 0 fully saturated rings. The predicted octanol–water partition coefficient (Wildman–Crippen LogP) is 3.18. The lowest BCUT2D eigenvalue weighted by Crippen LogP contribution is -2.21. The molecule has 0 amide bonds. The molecule has 0 unspecified atom stereocenters. The highest BCUT2D eigenvalue weighted by molar-refractivity contribution is 5.50. The largest absolute Gasteiger partial charge is 0.320 e. The SMILES string of the molecule is CCNCc1cn(-c2c(C)cc(C)cc2C)c(C)cc1=O. The van der Waals surface area contributed by atoms with Gasteiger partial charge in [-0.2, -0.15) is 0 Å². The van der Waals surface area contributed by atoms with E-state index in [0.717, 1.165) is 17.8 Å². The molecule has 1 aromatic carbocycles. The first kappa shape index (κ1) is 15.5. The Kier molecular flexibility index (Phi) is 4.63. The van der Waals surface area contributed by atoms with Crippen molar-refractivity contribution >= 4 is 0 Å². The van der Waals surface area contributed by atoms with Crippen LogP contribution in [0.5, 0.6) is 0 Å². The highest BCUT2D eigenvalue weighted by Crippen LogP contribution is 2.22. The molecule has 0 atom stereocenters. The molecule has 0 aliphatic carbocycles. The average molecular weight is 284 g/mol. The number of aryl methyl sites for hydroxylation is 4. The van der Waals surface area contributed by atoms with E-state index in [9.17, 15) is 4.79 Å². The van der Waals surface area contributed by atoms with E-state index in [1.807, 2.05) is 20.0 Å². The van der Waals surface area contributed by atoms with Crippen LogP contribution < -0.4 is 10.7 Å². The van der Waals surface area contributed by atoms with Crippen LogP contribution in [-0.4, -0.2) is 11.1 Å². The lowest BCUT2D eigenvalue weighted by Gasteiger charge is -2.18. The average Bonchev–Trinajstić information content (AvgIpc) is 2.38. The standard InChI is InChI=1S/C18H24N2O/c1-6-19-10-16-11-20(15(5)9-17(16)21)18-13(3)7-12(2)8-14(18)4/h7-9,11,19H,6,10H2,1-5H3. The minimum absolute atomic E-state index is 0.104. The van der Waals surface area contributed by atoms with Crippen molar-refractivity contribution in [2.75, 3.05) is 6.54 Å². The number of aromatic nitrogens is 1. The smallest absolute Gasteiger partial charge is 0.186 e. The van der Waals surface area contributed by atoms with Crippen molar-refractivity contribution in [1.82, 2.24) is 9.88 Å². The molecule has 0 aliphatic heterocycles. The van der Waals surface area contributed by atoms with E-state index < -0.39 is 0 Å². The van der Waals surface area contributed by atoms with Crippen molar-refractivity contribution in [2.24, 2.45) is 0 Å². The highest BCUT2D eigenvalue weighted by Gasteiger charge is 2.10. The fourth-order valence-corrected chi connectivity index (χ4v) is 2.86. The molecule has 1 aromatic heterocycles. The van der Waals surface area contributed by atoms with Crippen LogP contribution in [0.4, 0.5) is 0 Å². The van der Waals surface area contributed by atoms with Crippen molar-refractivity contribution in [3.63, 3.8) is 0 Å². The molecule has 21 heavy (non-hydrogen) atoms. The summed E-state index contributed by atoms with van der Waals surface area (Å²) >= 11 is 0. The summed E-state index contributed by atoms with van der Waals surface area (Å²) in [6.45, 7) is 11.8. The van der Waals surface area contributed by atoms with Crippen molar-refractivity contribution in [3.8, 4) is 5.69 Å². The van der Waals surface area contributed by atoms with E-state index in [2.05, 4.69) is 42.8 Å². The van der Waals surface area contributed by atoms with E-state index in [4.69, 9.17) is 0 Å². The van der Waals surface area contributed by atoms with Crippen LogP contribution in [0.2, 0.25) is 0 Å². The minimum atomic E-state index is 0.104. The fourth-order valence-electron chi connectivity index (χ4n) is 2.86. The molecule has 3 heteroatoms. The molecule has 1 N–H and O–H groups in total. The van der Waals surface area contributed by atoms with Gasteiger partial charge in [-0.3, -0.25) is 4.79 Å². The van der Waals surface area contributed by atoms with Gasteiger partial charge in [-0.25, -0.2) is 0 Å². The zero-order valence-electron chi connectivity index (χ0n) is 13.6. The number of hydrogen-bond acceptors (Lipinski definition) is 2. The van der Waals surface area contributed by atoms with Crippen LogP contribution in [0.15, 0.2) is 29.2 Å². The number of nitrogens with zero attached hydrogens (tertiary/aromatic N) is 1. The molecule has 112 valence electrons. The van der Waals surface area contributed by atoms with Crippen molar-refractivity contribution < 1.29 is 0 Å². The maximum Gasteiger partial charge on any atom is 0.186 e. The third kappa shape index (κ3) is 3.24. The summed E-state index contributed by atoms with van der Waals surface area (Å²) in [5.74, 6) is 0. The van der Waals surface area contributed by atoms with Crippen molar-refractivity contribution in [3.05, 3.63) is 62.6 Å². The molecule has 0 saturated heterocycles. The highest BCUT2D eigenvalue weighted by atomic mass is 16.1. The zero-order chi connectivity index (χ0) is 15.6. The number of nitrogens with one attached hydrogen (secondary N) is 1. The van der Waals surface area contributed by atoms with Gasteiger partial charge in [-0.15, -0.1) is 0 Å². The van der Waals surface area contributed by atoms with Gasteiger partial charge in [0, 0.05) is 30.1 Å². The number of benzene rings is 1. The van der Waals surface area contributed by atoms with Crippen LogP contribution in [0.25, 0.3) is 5.69 Å². The predicted molar refractivity (Wildman–Crippen MR) is 88.4 cm³/mol. The van der Waals surface area contributed by atoms with Gasteiger partial charge < -0.3 is 9.88 Å². The van der Waals surface area contributed by atoms with E-state index in [1.165, 1.54) is 22.4 Å². The maximum atomic E-state index is 12.1. The van der Waals surface area contributed by atoms with Gasteiger partial charge in [0.05, 0.1) is 5.69 Å². The second-order valence-electron chi connectivity index (χ2n) is 5.70. The van der Waals surface area contributed by atoms with Gasteiger partial charge in [-0.05, 0) is 45.4 Å². The third-order valence-corrected chi connectivity index (χ3v) is 3.76. The van der Waals surface area contributed by atoms with Crippen LogP contribution in [-0.2, 0) is 6.54 Å². The Morgan fingerprint density at radius 2 is 1.67 bits per heavy atom. The van der Waals surface area contributed by atoms with Gasteiger partial charge in [0.15, 0.2) is 5.43 Å². The van der Waals surface area contributed by atoms with Crippen LogP contribution >= 0.6 is 0 Å². The van der Waals surface area contributed by atoms with Gasteiger partial charge >= 0.3 is 0 Å². The molecule has 3 nitrogen and oxygen atoms in total. The maximum absolute atomic E-state index is 12.1. The van der Waals surface area contributed by atoms with Crippen LogP contribution in [0.1, 0.15) is 34.9 Å². The zero-order valence-corrected chi connectivity index (χ0v) is 13.6. The van der Waals surface area contributed by atoms with Gasteiger partial charge in [0.1, 0.15) is 0 Å². The molecular formula is C18H24N2O. The Labute approximate surface area is 126 Å². The van der Waals surface area contributed by atoms with Crippen LogP contribution in [0, 0.1) is 27.7 Å². The number of rotatable bonds is 4. The van der Waals surface area contributed by atoms with Crippen molar-refractivity contribution in [1.29, 1.82) is 0 Å². The molecule has 2 rings (SSSR count). The molecular weight excluding hydrogens is 260 g/mol. The molecule has 0 spiro atoms.